The van der Waals surface area contributed by atoms with Crippen LogP contribution in [0.5, 0.6) is 0 Å². The van der Waals surface area contributed by atoms with E-state index in [2.05, 4.69) is 73.7 Å². The Labute approximate surface area is 128 Å². The molecule has 0 bridgehead atoms. The third-order valence-corrected chi connectivity index (χ3v) is 5.32. The molecule has 0 aliphatic carbocycles. The molecule has 0 radical (unpaired) electrons. The minimum atomic E-state index is 0.123. The number of thiophene rings is 1. The van der Waals surface area contributed by atoms with Crippen molar-refractivity contribution in [3.63, 3.8) is 0 Å². The quantitative estimate of drug-likeness (QED) is 0.795. The first-order valence-corrected chi connectivity index (χ1v) is 8.04. The van der Waals surface area contributed by atoms with Crippen LogP contribution in [0.25, 0.3) is 0 Å². The topological polar surface area (TPSA) is 38.0 Å². The van der Waals surface area contributed by atoms with Gasteiger partial charge in [-0.05, 0) is 67.9 Å². The summed E-state index contributed by atoms with van der Waals surface area (Å²) in [4.78, 5) is 1.23. The Morgan fingerprint density at radius 3 is 2.67 bits per heavy atom. The van der Waals surface area contributed by atoms with Crippen LogP contribution >= 0.6 is 43.2 Å². The first kappa shape index (κ1) is 14.1. The number of halogens is 2. The minimum Gasteiger partial charge on any atom is -0.375 e. The Bertz CT molecular complexity index is 540. The number of nitrogens with two attached hydrogens (primary N) is 1. The summed E-state index contributed by atoms with van der Waals surface area (Å²) in [5, 5.41) is 5.55. The second-order valence-corrected chi connectivity index (χ2v) is 6.71. The molecule has 0 aliphatic rings. The van der Waals surface area contributed by atoms with Gasteiger partial charge in [0.2, 0.25) is 0 Å². The summed E-state index contributed by atoms with van der Waals surface area (Å²) in [6.45, 7) is 2.63. The van der Waals surface area contributed by atoms with Crippen molar-refractivity contribution in [3.8, 4) is 0 Å². The molecule has 0 spiro atoms. The molecule has 18 heavy (non-hydrogen) atoms. The van der Waals surface area contributed by atoms with E-state index in [1.54, 1.807) is 11.3 Å². The molecule has 0 saturated carbocycles. The molecule has 0 amide bonds. The van der Waals surface area contributed by atoms with Crippen molar-refractivity contribution in [1.29, 1.82) is 0 Å². The van der Waals surface area contributed by atoms with Crippen molar-refractivity contribution >= 4 is 48.9 Å². The lowest BCUT2D eigenvalue weighted by Crippen LogP contribution is -2.20. The van der Waals surface area contributed by atoms with Crippen molar-refractivity contribution in [1.82, 2.24) is 0 Å². The summed E-state index contributed by atoms with van der Waals surface area (Å²) < 4.78 is 2.17. The second kappa shape index (κ2) is 6.19. The fraction of sp³-hybridized carbons (Fsp3) is 0.231. The van der Waals surface area contributed by atoms with E-state index < -0.39 is 0 Å². The predicted octanol–water partition coefficient (Wildman–Crippen LogP) is 4.69. The standard InChI is InChI=1S/C13H14Br2N2S/c1-8-2-3-9(14)11(6-8)17-12(7-16)13-10(15)4-5-18-13/h2-6,12,17H,7,16H2,1H3. The maximum Gasteiger partial charge on any atom is 0.0740 e. The van der Waals surface area contributed by atoms with E-state index in [1.807, 2.05) is 0 Å². The van der Waals surface area contributed by atoms with Gasteiger partial charge in [-0.15, -0.1) is 11.3 Å². The molecular weight excluding hydrogens is 376 g/mol. The van der Waals surface area contributed by atoms with Gasteiger partial charge in [-0.1, -0.05) is 6.07 Å². The molecule has 2 nitrogen and oxygen atoms in total. The van der Waals surface area contributed by atoms with Gasteiger partial charge in [0.15, 0.2) is 0 Å². The Hall–Kier alpha value is -0.360. The van der Waals surface area contributed by atoms with Crippen LogP contribution in [0.3, 0.4) is 0 Å². The van der Waals surface area contributed by atoms with E-state index in [0.717, 1.165) is 14.6 Å². The Kier molecular flexibility index (Phi) is 4.84. The van der Waals surface area contributed by atoms with Gasteiger partial charge in [0.1, 0.15) is 0 Å². The molecule has 1 aromatic carbocycles. The monoisotopic (exact) mass is 388 g/mol. The minimum absolute atomic E-state index is 0.123. The summed E-state index contributed by atoms with van der Waals surface area (Å²) in [6.07, 6.45) is 0. The summed E-state index contributed by atoms with van der Waals surface area (Å²) in [6, 6.07) is 8.42. The summed E-state index contributed by atoms with van der Waals surface area (Å²) >= 11 is 8.82. The van der Waals surface area contributed by atoms with Crippen LogP contribution in [0.1, 0.15) is 16.5 Å². The molecule has 5 heteroatoms. The molecule has 2 rings (SSSR count). The van der Waals surface area contributed by atoms with Crippen molar-refractivity contribution in [2.45, 2.75) is 13.0 Å². The maximum absolute atomic E-state index is 5.88. The summed E-state index contributed by atoms with van der Waals surface area (Å²) in [7, 11) is 0. The highest BCUT2D eigenvalue weighted by molar-refractivity contribution is 9.11. The molecule has 0 saturated heterocycles. The van der Waals surface area contributed by atoms with Gasteiger partial charge in [0, 0.05) is 26.1 Å². The fourth-order valence-corrected chi connectivity index (χ4v) is 3.80. The third kappa shape index (κ3) is 3.15. The predicted molar refractivity (Wildman–Crippen MR) is 86.3 cm³/mol. The number of hydrogen-bond donors (Lipinski definition) is 2. The number of hydrogen-bond acceptors (Lipinski definition) is 3. The first-order chi connectivity index (χ1) is 8.61. The molecule has 0 aliphatic heterocycles. The molecular formula is C13H14Br2N2S. The highest BCUT2D eigenvalue weighted by atomic mass is 79.9. The molecule has 3 N–H and O–H groups in total. The van der Waals surface area contributed by atoms with E-state index in [0.29, 0.717) is 6.54 Å². The highest BCUT2D eigenvalue weighted by Gasteiger charge is 2.15. The number of nitrogens with one attached hydrogen (secondary N) is 1. The van der Waals surface area contributed by atoms with Gasteiger partial charge < -0.3 is 11.1 Å². The average molecular weight is 390 g/mol. The molecule has 96 valence electrons. The van der Waals surface area contributed by atoms with Crippen molar-refractivity contribution in [3.05, 3.63) is 49.0 Å². The van der Waals surface area contributed by atoms with Gasteiger partial charge >= 0.3 is 0 Å². The van der Waals surface area contributed by atoms with E-state index in [-0.39, 0.29) is 6.04 Å². The average Bonchev–Trinajstić information content (AvgIpc) is 2.77. The normalized spacial score (nSPS) is 12.4. The number of benzene rings is 1. The highest BCUT2D eigenvalue weighted by Crippen LogP contribution is 2.33. The Morgan fingerprint density at radius 1 is 1.28 bits per heavy atom. The van der Waals surface area contributed by atoms with E-state index in [1.165, 1.54) is 10.4 Å². The molecule has 1 heterocycles. The Balaban J connectivity index is 2.26. The van der Waals surface area contributed by atoms with Crippen LogP contribution in [0, 0.1) is 6.92 Å². The zero-order valence-electron chi connectivity index (χ0n) is 9.91. The second-order valence-electron chi connectivity index (χ2n) is 4.05. The zero-order chi connectivity index (χ0) is 13.1. The largest absolute Gasteiger partial charge is 0.375 e. The smallest absolute Gasteiger partial charge is 0.0740 e. The zero-order valence-corrected chi connectivity index (χ0v) is 13.9. The summed E-state index contributed by atoms with van der Waals surface area (Å²) in [5.41, 5.74) is 8.18. The van der Waals surface area contributed by atoms with Crippen molar-refractivity contribution < 1.29 is 0 Å². The number of rotatable bonds is 4. The lowest BCUT2D eigenvalue weighted by atomic mass is 10.2. The molecule has 2 aromatic rings. The first-order valence-electron chi connectivity index (χ1n) is 5.57. The van der Waals surface area contributed by atoms with Crippen LogP contribution < -0.4 is 11.1 Å². The van der Waals surface area contributed by atoms with Gasteiger partial charge in [-0.25, -0.2) is 0 Å². The van der Waals surface area contributed by atoms with Gasteiger partial charge in [0.05, 0.1) is 6.04 Å². The molecule has 1 unspecified atom stereocenters. The van der Waals surface area contributed by atoms with E-state index in [9.17, 15) is 0 Å². The third-order valence-electron chi connectivity index (χ3n) is 2.65. The van der Waals surface area contributed by atoms with Gasteiger partial charge in [-0.3, -0.25) is 0 Å². The van der Waals surface area contributed by atoms with Crippen LogP contribution in [-0.2, 0) is 0 Å². The van der Waals surface area contributed by atoms with E-state index in [4.69, 9.17) is 5.73 Å². The molecule has 0 fully saturated rings. The van der Waals surface area contributed by atoms with Crippen molar-refractivity contribution in [2.75, 3.05) is 11.9 Å². The SMILES string of the molecule is Cc1ccc(Br)c(NC(CN)c2sccc2Br)c1. The Morgan fingerprint density at radius 2 is 2.06 bits per heavy atom. The van der Waals surface area contributed by atoms with Crippen LogP contribution in [0.4, 0.5) is 5.69 Å². The van der Waals surface area contributed by atoms with Crippen LogP contribution in [0.2, 0.25) is 0 Å². The number of anilines is 1. The van der Waals surface area contributed by atoms with E-state index >= 15 is 0 Å². The molecule has 1 aromatic heterocycles. The molecule has 1 atom stereocenters. The van der Waals surface area contributed by atoms with Crippen LogP contribution in [-0.4, -0.2) is 6.54 Å². The lowest BCUT2D eigenvalue weighted by Gasteiger charge is -2.19. The van der Waals surface area contributed by atoms with Crippen LogP contribution in [0.15, 0.2) is 38.6 Å². The maximum atomic E-state index is 5.88. The van der Waals surface area contributed by atoms with Gasteiger partial charge in [0.25, 0.3) is 0 Å². The fourth-order valence-electron chi connectivity index (χ4n) is 1.72. The van der Waals surface area contributed by atoms with Gasteiger partial charge in [-0.2, -0.15) is 0 Å². The number of aryl methyl sites for hydroxylation is 1. The summed E-state index contributed by atoms with van der Waals surface area (Å²) in [5.74, 6) is 0. The lowest BCUT2D eigenvalue weighted by molar-refractivity contribution is 0.802. The van der Waals surface area contributed by atoms with Crippen molar-refractivity contribution in [2.24, 2.45) is 5.73 Å².